The highest BCUT2D eigenvalue weighted by atomic mass is 16.2. The van der Waals surface area contributed by atoms with Crippen molar-refractivity contribution >= 4 is 5.91 Å². The van der Waals surface area contributed by atoms with Gasteiger partial charge in [0.05, 0.1) is 0 Å². The Hall–Kier alpha value is -0.530. The van der Waals surface area contributed by atoms with E-state index in [0.29, 0.717) is 11.9 Å². The second-order valence-corrected chi connectivity index (χ2v) is 4.97. The molecule has 1 rings (SSSR count). The molecule has 1 saturated heterocycles. The lowest BCUT2D eigenvalue weighted by molar-refractivity contribution is -0.129. The molecule has 1 heterocycles. The predicted molar refractivity (Wildman–Crippen MR) is 49.9 cm³/mol. The Morgan fingerprint density at radius 2 is 2.08 bits per heavy atom. The fourth-order valence-corrected chi connectivity index (χ4v) is 1.63. The molecule has 70 valence electrons. The third kappa shape index (κ3) is 2.23. The van der Waals surface area contributed by atoms with Crippen LogP contribution in [0.25, 0.3) is 0 Å². The number of hydrogen-bond acceptors (Lipinski definition) is 1. The lowest BCUT2D eigenvalue weighted by Gasteiger charge is -2.29. The third-order valence-electron chi connectivity index (χ3n) is 2.27. The van der Waals surface area contributed by atoms with Gasteiger partial charge < -0.3 is 4.90 Å². The SMILES string of the molecule is CC1CCC(=O)N1CC(C)(C)C. The van der Waals surface area contributed by atoms with Crippen molar-refractivity contribution in [2.75, 3.05) is 6.54 Å². The van der Waals surface area contributed by atoms with Gasteiger partial charge in [0.2, 0.25) is 5.91 Å². The van der Waals surface area contributed by atoms with E-state index in [4.69, 9.17) is 0 Å². The molecule has 2 nitrogen and oxygen atoms in total. The van der Waals surface area contributed by atoms with Gasteiger partial charge in [-0.25, -0.2) is 0 Å². The molecule has 1 aliphatic heterocycles. The van der Waals surface area contributed by atoms with Gasteiger partial charge in [0.1, 0.15) is 0 Å². The molecule has 0 radical (unpaired) electrons. The Kier molecular flexibility index (Phi) is 2.45. The monoisotopic (exact) mass is 169 g/mol. The van der Waals surface area contributed by atoms with Gasteiger partial charge >= 0.3 is 0 Å². The maximum Gasteiger partial charge on any atom is 0.222 e. The van der Waals surface area contributed by atoms with Crippen molar-refractivity contribution in [2.45, 2.75) is 46.6 Å². The van der Waals surface area contributed by atoms with Crippen LogP contribution >= 0.6 is 0 Å². The molecule has 0 saturated carbocycles. The average Bonchev–Trinajstić information content (AvgIpc) is 2.16. The van der Waals surface area contributed by atoms with E-state index >= 15 is 0 Å². The van der Waals surface area contributed by atoms with Crippen LogP contribution in [0.4, 0.5) is 0 Å². The molecular formula is C10H19NO. The van der Waals surface area contributed by atoms with Crippen LogP contribution in [0.5, 0.6) is 0 Å². The third-order valence-corrected chi connectivity index (χ3v) is 2.27. The molecular weight excluding hydrogens is 150 g/mol. The molecule has 0 aromatic carbocycles. The number of nitrogens with zero attached hydrogens (tertiary/aromatic N) is 1. The molecule has 0 N–H and O–H groups in total. The maximum atomic E-state index is 11.4. The van der Waals surface area contributed by atoms with Gasteiger partial charge in [-0.05, 0) is 18.8 Å². The molecule has 1 fully saturated rings. The summed E-state index contributed by atoms with van der Waals surface area (Å²) in [6.07, 6.45) is 1.78. The summed E-state index contributed by atoms with van der Waals surface area (Å²) in [5.41, 5.74) is 0.230. The molecule has 0 spiro atoms. The molecule has 1 amide bonds. The van der Waals surface area contributed by atoms with Crippen LogP contribution < -0.4 is 0 Å². The topological polar surface area (TPSA) is 20.3 Å². The molecule has 1 atom stereocenters. The smallest absolute Gasteiger partial charge is 0.222 e. The second-order valence-electron chi connectivity index (χ2n) is 4.97. The van der Waals surface area contributed by atoms with E-state index in [0.717, 1.165) is 19.4 Å². The number of rotatable bonds is 1. The minimum Gasteiger partial charge on any atom is -0.339 e. The fourth-order valence-electron chi connectivity index (χ4n) is 1.63. The Balaban J connectivity index is 2.56. The summed E-state index contributed by atoms with van der Waals surface area (Å²) in [6.45, 7) is 9.55. The highest BCUT2D eigenvalue weighted by molar-refractivity contribution is 5.78. The number of carbonyl (C=O) groups excluding carboxylic acids is 1. The minimum atomic E-state index is 0.230. The fraction of sp³-hybridized carbons (Fsp3) is 0.900. The summed E-state index contributed by atoms with van der Waals surface area (Å²) in [6, 6.07) is 0.455. The maximum absolute atomic E-state index is 11.4. The Labute approximate surface area is 74.9 Å². The van der Waals surface area contributed by atoms with Crippen LogP contribution in [-0.2, 0) is 4.79 Å². The predicted octanol–water partition coefficient (Wildman–Crippen LogP) is 2.04. The van der Waals surface area contributed by atoms with E-state index in [1.807, 2.05) is 4.90 Å². The minimum absolute atomic E-state index is 0.230. The van der Waals surface area contributed by atoms with E-state index in [1.165, 1.54) is 0 Å². The number of carbonyl (C=O) groups is 1. The normalized spacial score (nSPS) is 25.2. The summed E-state index contributed by atoms with van der Waals surface area (Å²) in [4.78, 5) is 13.4. The van der Waals surface area contributed by atoms with Crippen molar-refractivity contribution in [3.05, 3.63) is 0 Å². The van der Waals surface area contributed by atoms with Gasteiger partial charge in [-0.1, -0.05) is 20.8 Å². The van der Waals surface area contributed by atoms with Crippen LogP contribution in [-0.4, -0.2) is 23.4 Å². The average molecular weight is 169 g/mol. The molecule has 0 bridgehead atoms. The Bertz CT molecular complexity index is 181. The van der Waals surface area contributed by atoms with Crippen molar-refractivity contribution in [3.63, 3.8) is 0 Å². The molecule has 0 aromatic heterocycles. The van der Waals surface area contributed by atoms with Crippen molar-refractivity contribution in [2.24, 2.45) is 5.41 Å². The lowest BCUT2D eigenvalue weighted by Crippen LogP contribution is -2.37. The molecule has 1 aliphatic rings. The number of likely N-dealkylation sites (tertiary alicyclic amines) is 1. The summed E-state index contributed by atoms with van der Waals surface area (Å²) in [5, 5.41) is 0. The van der Waals surface area contributed by atoms with Gasteiger partial charge in [0.15, 0.2) is 0 Å². The van der Waals surface area contributed by atoms with Gasteiger partial charge in [-0.2, -0.15) is 0 Å². The van der Waals surface area contributed by atoms with E-state index in [2.05, 4.69) is 27.7 Å². The van der Waals surface area contributed by atoms with Crippen LogP contribution in [0.15, 0.2) is 0 Å². The largest absolute Gasteiger partial charge is 0.339 e. The van der Waals surface area contributed by atoms with E-state index in [9.17, 15) is 4.79 Å². The van der Waals surface area contributed by atoms with Crippen molar-refractivity contribution in [3.8, 4) is 0 Å². The molecule has 2 heteroatoms. The van der Waals surface area contributed by atoms with E-state index < -0.39 is 0 Å². The van der Waals surface area contributed by atoms with Gasteiger partial charge in [0, 0.05) is 19.0 Å². The van der Waals surface area contributed by atoms with Gasteiger partial charge in [-0.3, -0.25) is 4.79 Å². The summed E-state index contributed by atoms with van der Waals surface area (Å²) in [5.74, 6) is 0.331. The number of hydrogen-bond donors (Lipinski definition) is 0. The first-order valence-corrected chi connectivity index (χ1v) is 4.69. The van der Waals surface area contributed by atoms with Crippen LogP contribution in [0.2, 0.25) is 0 Å². The quantitative estimate of drug-likeness (QED) is 0.588. The van der Waals surface area contributed by atoms with E-state index in [1.54, 1.807) is 0 Å². The zero-order chi connectivity index (χ0) is 9.35. The highest BCUT2D eigenvalue weighted by Gasteiger charge is 2.30. The summed E-state index contributed by atoms with van der Waals surface area (Å²) >= 11 is 0. The first kappa shape index (κ1) is 9.56. The van der Waals surface area contributed by atoms with Gasteiger partial charge in [-0.15, -0.1) is 0 Å². The zero-order valence-corrected chi connectivity index (χ0v) is 8.55. The molecule has 0 aliphatic carbocycles. The highest BCUT2D eigenvalue weighted by Crippen LogP contribution is 2.24. The summed E-state index contributed by atoms with van der Waals surface area (Å²) in [7, 11) is 0. The first-order valence-electron chi connectivity index (χ1n) is 4.69. The van der Waals surface area contributed by atoms with Crippen LogP contribution in [0.1, 0.15) is 40.5 Å². The second kappa shape index (κ2) is 3.08. The molecule has 12 heavy (non-hydrogen) atoms. The van der Waals surface area contributed by atoms with E-state index in [-0.39, 0.29) is 5.41 Å². The van der Waals surface area contributed by atoms with Crippen LogP contribution in [0, 0.1) is 5.41 Å². The van der Waals surface area contributed by atoms with Crippen molar-refractivity contribution in [1.29, 1.82) is 0 Å². The summed E-state index contributed by atoms with van der Waals surface area (Å²) < 4.78 is 0. The van der Waals surface area contributed by atoms with Crippen molar-refractivity contribution < 1.29 is 4.79 Å². The Morgan fingerprint density at radius 3 is 2.42 bits per heavy atom. The van der Waals surface area contributed by atoms with Gasteiger partial charge in [0.25, 0.3) is 0 Å². The molecule has 0 aromatic rings. The van der Waals surface area contributed by atoms with Crippen LogP contribution in [0.3, 0.4) is 0 Å². The lowest BCUT2D eigenvalue weighted by atomic mass is 9.96. The Morgan fingerprint density at radius 1 is 1.50 bits per heavy atom. The number of amides is 1. The first-order chi connectivity index (χ1) is 5.40. The standard InChI is InChI=1S/C10H19NO/c1-8-5-6-9(12)11(8)7-10(2,3)4/h8H,5-7H2,1-4H3. The molecule has 1 unspecified atom stereocenters. The van der Waals surface area contributed by atoms with Crippen molar-refractivity contribution in [1.82, 2.24) is 4.90 Å². The zero-order valence-electron chi connectivity index (χ0n) is 8.55.